The minimum atomic E-state index is -0.564. The second-order valence-corrected chi connectivity index (χ2v) is 7.40. The van der Waals surface area contributed by atoms with Crippen LogP contribution in [0.15, 0.2) is 54.6 Å². The van der Waals surface area contributed by atoms with Gasteiger partial charge in [-0.25, -0.2) is 4.79 Å². The Labute approximate surface area is 176 Å². The van der Waals surface area contributed by atoms with Gasteiger partial charge in [0.1, 0.15) is 0 Å². The van der Waals surface area contributed by atoms with Gasteiger partial charge in [0.2, 0.25) is 0 Å². The molecule has 0 fully saturated rings. The molecule has 0 saturated carbocycles. The first kappa shape index (κ1) is 21.4. The van der Waals surface area contributed by atoms with E-state index in [9.17, 15) is 9.59 Å². The van der Waals surface area contributed by atoms with Crippen LogP contribution in [0, 0.1) is 5.92 Å². The van der Waals surface area contributed by atoms with E-state index in [1.165, 1.54) is 6.08 Å². The molecule has 1 amide bonds. The minimum Gasteiger partial charge on any atom is -0.490 e. The fourth-order valence-electron chi connectivity index (χ4n) is 3.14. The first-order valence-corrected chi connectivity index (χ1v) is 10.1. The van der Waals surface area contributed by atoms with Crippen LogP contribution in [-0.4, -0.2) is 31.7 Å². The van der Waals surface area contributed by atoms with Crippen LogP contribution in [0.1, 0.15) is 37.4 Å². The van der Waals surface area contributed by atoms with E-state index in [-0.39, 0.29) is 24.5 Å². The number of carbonyl (C=O) groups is 2. The van der Waals surface area contributed by atoms with E-state index in [4.69, 9.17) is 14.2 Å². The lowest BCUT2D eigenvalue weighted by molar-refractivity contribution is -0.144. The number of fused-ring (bicyclic) bond motifs is 1. The van der Waals surface area contributed by atoms with Crippen LogP contribution in [0.4, 0.5) is 0 Å². The van der Waals surface area contributed by atoms with Crippen molar-refractivity contribution in [1.82, 2.24) is 5.32 Å². The van der Waals surface area contributed by atoms with Crippen LogP contribution < -0.4 is 14.8 Å². The van der Waals surface area contributed by atoms with Crippen LogP contribution >= 0.6 is 0 Å². The van der Waals surface area contributed by atoms with Crippen molar-refractivity contribution in [3.8, 4) is 11.5 Å². The lowest BCUT2D eigenvalue weighted by Crippen LogP contribution is -2.34. The number of esters is 1. The van der Waals surface area contributed by atoms with Gasteiger partial charge in [-0.05, 0) is 35.3 Å². The Bertz CT molecular complexity index is 892. The maximum Gasteiger partial charge on any atom is 0.331 e. The number of amides is 1. The van der Waals surface area contributed by atoms with E-state index in [0.717, 1.165) is 17.5 Å². The molecule has 0 aromatic heterocycles. The summed E-state index contributed by atoms with van der Waals surface area (Å²) in [6.07, 6.45) is 3.79. The zero-order valence-electron chi connectivity index (χ0n) is 17.3. The molecule has 0 bridgehead atoms. The van der Waals surface area contributed by atoms with Crippen molar-refractivity contribution >= 4 is 18.0 Å². The van der Waals surface area contributed by atoms with Crippen molar-refractivity contribution in [3.05, 3.63) is 65.7 Å². The quantitative estimate of drug-likeness (QED) is 0.554. The number of hydrogen-bond donors (Lipinski definition) is 1. The molecule has 6 nitrogen and oxygen atoms in total. The van der Waals surface area contributed by atoms with E-state index in [1.807, 2.05) is 62.4 Å². The van der Waals surface area contributed by atoms with Crippen LogP contribution in [0.5, 0.6) is 11.5 Å². The highest BCUT2D eigenvalue weighted by Crippen LogP contribution is 2.34. The highest BCUT2D eigenvalue weighted by Gasteiger charge is 2.21. The first-order chi connectivity index (χ1) is 14.5. The van der Waals surface area contributed by atoms with Gasteiger partial charge in [0.05, 0.1) is 19.3 Å². The Kier molecular flexibility index (Phi) is 7.49. The van der Waals surface area contributed by atoms with Crippen LogP contribution in [0.3, 0.4) is 0 Å². The topological polar surface area (TPSA) is 73.9 Å². The van der Waals surface area contributed by atoms with Crippen LogP contribution in [-0.2, 0) is 14.3 Å². The molecule has 30 heavy (non-hydrogen) atoms. The number of nitrogens with one attached hydrogen (secondary N) is 1. The molecule has 2 aromatic rings. The number of benzene rings is 2. The first-order valence-electron chi connectivity index (χ1n) is 10.1. The van der Waals surface area contributed by atoms with Crippen molar-refractivity contribution < 1.29 is 23.8 Å². The molecular weight excluding hydrogens is 382 g/mol. The highest BCUT2D eigenvalue weighted by atomic mass is 16.5. The van der Waals surface area contributed by atoms with E-state index >= 15 is 0 Å². The van der Waals surface area contributed by atoms with Gasteiger partial charge < -0.3 is 19.5 Å². The minimum absolute atomic E-state index is 0.132. The van der Waals surface area contributed by atoms with Gasteiger partial charge in [-0.3, -0.25) is 4.79 Å². The number of ether oxygens (including phenoxy) is 3. The van der Waals surface area contributed by atoms with E-state index in [1.54, 1.807) is 6.08 Å². The zero-order valence-corrected chi connectivity index (χ0v) is 17.3. The van der Waals surface area contributed by atoms with Gasteiger partial charge in [-0.15, -0.1) is 0 Å². The van der Waals surface area contributed by atoms with E-state index < -0.39 is 5.97 Å². The molecule has 1 aliphatic heterocycles. The van der Waals surface area contributed by atoms with Crippen molar-refractivity contribution in [2.75, 3.05) is 19.8 Å². The predicted octanol–water partition coefficient (Wildman–Crippen LogP) is 3.92. The van der Waals surface area contributed by atoms with Crippen molar-refractivity contribution in [3.63, 3.8) is 0 Å². The fraction of sp³-hybridized carbons (Fsp3) is 0.333. The maximum absolute atomic E-state index is 12.4. The fourth-order valence-corrected chi connectivity index (χ4v) is 3.14. The average Bonchev–Trinajstić information content (AvgIpc) is 3.00. The summed E-state index contributed by atoms with van der Waals surface area (Å²) in [5, 5.41) is 2.95. The smallest absolute Gasteiger partial charge is 0.331 e. The van der Waals surface area contributed by atoms with Gasteiger partial charge in [0.25, 0.3) is 5.91 Å². The molecule has 1 N–H and O–H groups in total. The van der Waals surface area contributed by atoms with Gasteiger partial charge in [-0.2, -0.15) is 0 Å². The second-order valence-electron chi connectivity index (χ2n) is 7.40. The SMILES string of the molecule is CC(C)[C@H](NC(=O)COC(=O)/C=C/c1ccccc1)c1ccc2c(c1)OCCCO2. The lowest BCUT2D eigenvalue weighted by atomic mass is 9.95. The molecule has 1 aliphatic rings. The summed E-state index contributed by atoms with van der Waals surface area (Å²) >= 11 is 0. The Morgan fingerprint density at radius 2 is 1.80 bits per heavy atom. The molecule has 1 atom stereocenters. The van der Waals surface area contributed by atoms with Gasteiger partial charge in [0, 0.05) is 12.5 Å². The zero-order chi connectivity index (χ0) is 21.3. The molecule has 6 heteroatoms. The number of carbonyl (C=O) groups excluding carboxylic acids is 2. The molecule has 158 valence electrons. The third-order valence-corrected chi connectivity index (χ3v) is 4.67. The largest absolute Gasteiger partial charge is 0.490 e. The molecule has 0 aliphatic carbocycles. The number of rotatable bonds is 7. The van der Waals surface area contributed by atoms with Gasteiger partial charge in [-0.1, -0.05) is 50.2 Å². The van der Waals surface area contributed by atoms with E-state index in [2.05, 4.69) is 5.32 Å². The molecule has 0 radical (unpaired) electrons. The molecular formula is C24H27NO5. The van der Waals surface area contributed by atoms with E-state index in [0.29, 0.717) is 24.7 Å². The molecule has 3 rings (SSSR count). The average molecular weight is 409 g/mol. The van der Waals surface area contributed by atoms with Crippen molar-refractivity contribution in [1.29, 1.82) is 0 Å². The monoisotopic (exact) mass is 409 g/mol. The summed E-state index contributed by atoms with van der Waals surface area (Å²) in [7, 11) is 0. The predicted molar refractivity (Wildman–Crippen MR) is 114 cm³/mol. The summed E-state index contributed by atoms with van der Waals surface area (Å²) in [5.74, 6) is 0.604. The molecule has 2 aromatic carbocycles. The summed E-state index contributed by atoms with van der Waals surface area (Å²) in [4.78, 5) is 24.3. The standard InChI is InChI=1S/C24H27NO5/c1-17(2)24(19-10-11-20-21(15-19)29-14-6-13-28-20)25-22(26)16-30-23(27)12-9-18-7-4-3-5-8-18/h3-5,7-12,15,17,24H,6,13-14,16H2,1-2H3,(H,25,26)/b12-9+/t24-/m0/s1. The Morgan fingerprint density at radius 3 is 2.53 bits per heavy atom. The molecule has 0 saturated heterocycles. The second kappa shape index (κ2) is 10.5. The summed E-state index contributed by atoms with van der Waals surface area (Å²) in [6.45, 7) is 4.92. The normalized spacial score (nSPS) is 14.2. The van der Waals surface area contributed by atoms with Crippen LogP contribution in [0.25, 0.3) is 6.08 Å². The van der Waals surface area contributed by atoms with Crippen molar-refractivity contribution in [2.45, 2.75) is 26.3 Å². The molecule has 1 heterocycles. The molecule has 0 unspecified atom stereocenters. The van der Waals surface area contributed by atoms with Gasteiger partial charge >= 0.3 is 5.97 Å². The third-order valence-electron chi connectivity index (χ3n) is 4.67. The Balaban J connectivity index is 1.57. The summed E-state index contributed by atoms with van der Waals surface area (Å²) in [6, 6.07) is 14.9. The van der Waals surface area contributed by atoms with Crippen molar-refractivity contribution in [2.24, 2.45) is 5.92 Å². The summed E-state index contributed by atoms with van der Waals surface area (Å²) in [5.41, 5.74) is 1.80. The highest BCUT2D eigenvalue weighted by molar-refractivity contribution is 5.89. The lowest BCUT2D eigenvalue weighted by Gasteiger charge is -2.23. The summed E-state index contributed by atoms with van der Waals surface area (Å²) < 4.78 is 16.5. The van der Waals surface area contributed by atoms with Gasteiger partial charge in [0.15, 0.2) is 18.1 Å². The Hall–Kier alpha value is -3.28. The third kappa shape index (κ3) is 6.11. The maximum atomic E-state index is 12.4. The van der Waals surface area contributed by atoms with Crippen LogP contribution in [0.2, 0.25) is 0 Å². The number of hydrogen-bond acceptors (Lipinski definition) is 5. The Morgan fingerprint density at radius 1 is 1.07 bits per heavy atom. The molecule has 0 spiro atoms.